The summed E-state index contributed by atoms with van der Waals surface area (Å²) < 4.78 is 34.0. The summed E-state index contributed by atoms with van der Waals surface area (Å²) in [4.78, 5) is 2.89. The molecule has 1 fully saturated rings. The Balaban J connectivity index is 1.58. The Bertz CT molecular complexity index is 1080. The summed E-state index contributed by atoms with van der Waals surface area (Å²) in [5.41, 5.74) is 3.04. The van der Waals surface area contributed by atoms with Gasteiger partial charge in [0, 0.05) is 19.2 Å². The lowest BCUT2D eigenvalue weighted by molar-refractivity contribution is 0.395. The van der Waals surface area contributed by atoms with Gasteiger partial charge < -0.3 is 9.42 Å². The van der Waals surface area contributed by atoms with Crippen LogP contribution in [0.1, 0.15) is 35.7 Å². The molecule has 154 valence electrons. The molecule has 4 rings (SSSR count). The second kappa shape index (κ2) is 8.02. The molecule has 1 unspecified atom stereocenters. The van der Waals surface area contributed by atoms with E-state index in [4.69, 9.17) is 4.52 Å². The van der Waals surface area contributed by atoms with Crippen molar-refractivity contribution in [3.8, 4) is 10.6 Å². The first-order valence-electron chi connectivity index (χ1n) is 9.63. The van der Waals surface area contributed by atoms with Crippen LogP contribution in [0, 0.1) is 6.92 Å². The van der Waals surface area contributed by atoms with E-state index in [0.29, 0.717) is 16.5 Å². The van der Waals surface area contributed by atoms with Crippen molar-refractivity contribution in [1.29, 1.82) is 0 Å². The molecule has 0 N–H and O–H groups in total. The molecule has 29 heavy (non-hydrogen) atoms. The molecule has 6 nitrogen and oxygen atoms in total. The molecule has 2 aromatic heterocycles. The van der Waals surface area contributed by atoms with Gasteiger partial charge in [-0.1, -0.05) is 29.4 Å². The van der Waals surface area contributed by atoms with Crippen molar-refractivity contribution in [2.45, 2.75) is 36.6 Å². The number of nitrogens with zero attached hydrogens (tertiary/aromatic N) is 3. The predicted molar refractivity (Wildman–Crippen MR) is 114 cm³/mol. The van der Waals surface area contributed by atoms with E-state index in [0.717, 1.165) is 35.5 Å². The van der Waals surface area contributed by atoms with Gasteiger partial charge in [0.05, 0.1) is 16.6 Å². The van der Waals surface area contributed by atoms with Crippen molar-refractivity contribution in [3.63, 3.8) is 0 Å². The van der Waals surface area contributed by atoms with Crippen molar-refractivity contribution < 1.29 is 12.9 Å². The molecule has 1 aliphatic rings. The molecule has 0 amide bonds. The van der Waals surface area contributed by atoms with E-state index in [1.54, 1.807) is 16.4 Å². The fourth-order valence-corrected chi connectivity index (χ4v) is 6.82. The van der Waals surface area contributed by atoms with Gasteiger partial charge in [-0.2, -0.15) is 4.31 Å². The van der Waals surface area contributed by atoms with Gasteiger partial charge in [-0.25, -0.2) is 8.42 Å². The third kappa shape index (κ3) is 4.16. The summed E-state index contributed by atoms with van der Waals surface area (Å²) in [6.07, 6.45) is 1.70. The Labute approximate surface area is 175 Å². The second-order valence-electron chi connectivity index (χ2n) is 7.70. The minimum absolute atomic E-state index is 0.119. The fraction of sp³-hybridized carbons (Fsp3) is 0.381. The van der Waals surface area contributed by atoms with E-state index < -0.39 is 10.0 Å². The van der Waals surface area contributed by atoms with Gasteiger partial charge >= 0.3 is 0 Å². The Morgan fingerprint density at radius 2 is 1.97 bits per heavy atom. The first-order valence-corrected chi connectivity index (χ1v) is 11.9. The van der Waals surface area contributed by atoms with Crippen LogP contribution in [0.3, 0.4) is 0 Å². The average Bonchev–Trinajstić information content (AvgIpc) is 3.42. The molecular weight excluding hydrogens is 406 g/mol. The average molecular weight is 432 g/mol. The lowest BCUT2D eigenvalue weighted by Crippen LogP contribution is -2.30. The van der Waals surface area contributed by atoms with Crippen molar-refractivity contribution >= 4 is 21.4 Å². The van der Waals surface area contributed by atoms with E-state index in [1.165, 1.54) is 16.9 Å². The summed E-state index contributed by atoms with van der Waals surface area (Å²) in [5.74, 6) is 0.600. The van der Waals surface area contributed by atoms with E-state index in [-0.39, 0.29) is 6.04 Å². The molecule has 1 aliphatic heterocycles. The number of sulfonamides is 1. The Kier molecular flexibility index (Phi) is 5.61. The van der Waals surface area contributed by atoms with Crippen LogP contribution < -0.4 is 0 Å². The Hall–Kier alpha value is -2.00. The molecule has 0 radical (unpaired) electrons. The van der Waals surface area contributed by atoms with Crippen LogP contribution in [0.2, 0.25) is 0 Å². The van der Waals surface area contributed by atoms with E-state index in [1.807, 2.05) is 27.1 Å². The summed E-state index contributed by atoms with van der Waals surface area (Å²) in [7, 11) is 0.509. The van der Waals surface area contributed by atoms with Gasteiger partial charge in [0.15, 0.2) is 5.76 Å². The highest BCUT2D eigenvalue weighted by molar-refractivity contribution is 7.91. The third-order valence-electron chi connectivity index (χ3n) is 5.08. The molecule has 8 heteroatoms. The monoisotopic (exact) mass is 431 g/mol. The predicted octanol–water partition coefficient (Wildman–Crippen LogP) is 4.30. The third-order valence-corrected chi connectivity index (χ3v) is 8.56. The lowest BCUT2D eigenvalue weighted by Gasteiger charge is -2.24. The van der Waals surface area contributed by atoms with Crippen LogP contribution in [0.4, 0.5) is 0 Å². The summed E-state index contributed by atoms with van der Waals surface area (Å²) in [6.45, 7) is 3.25. The van der Waals surface area contributed by atoms with Crippen LogP contribution in [0.15, 0.2) is 51.2 Å². The molecule has 3 heterocycles. The summed E-state index contributed by atoms with van der Waals surface area (Å²) >= 11 is 1.23. The first-order chi connectivity index (χ1) is 13.8. The number of aryl methyl sites for hydroxylation is 1. The van der Waals surface area contributed by atoms with Crippen LogP contribution in [-0.4, -0.2) is 43.4 Å². The number of hydrogen-bond acceptors (Lipinski definition) is 6. The zero-order chi connectivity index (χ0) is 20.6. The minimum atomic E-state index is -3.56. The molecule has 0 aliphatic carbocycles. The van der Waals surface area contributed by atoms with Crippen molar-refractivity contribution in [2.75, 3.05) is 20.6 Å². The van der Waals surface area contributed by atoms with E-state index in [2.05, 4.69) is 34.3 Å². The van der Waals surface area contributed by atoms with Crippen LogP contribution in [0.25, 0.3) is 10.6 Å². The van der Waals surface area contributed by atoms with E-state index >= 15 is 0 Å². The maximum Gasteiger partial charge on any atom is 0.253 e. The zero-order valence-corrected chi connectivity index (χ0v) is 18.5. The first kappa shape index (κ1) is 20.3. The summed E-state index contributed by atoms with van der Waals surface area (Å²) in [5, 5.41) is 3.89. The quantitative estimate of drug-likeness (QED) is 0.582. The fourth-order valence-electron chi connectivity index (χ4n) is 3.76. The Morgan fingerprint density at radius 3 is 2.62 bits per heavy atom. The van der Waals surface area contributed by atoms with Crippen molar-refractivity contribution in [2.24, 2.45) is 0 Å². The zero-order valence-electron chi connectivity index (χ0n) is 16.8. The largest absolute Gasteiger partial charge is 0.355 e. The van der Waals surface area contributed by atoms with Gasteiger partial charge in [0.2, 0.25) is 0 Å². The van der Waals surface area contributed by atoms with E-state index in [9.17, 15) is 8.42 Å². The van der Waals surface area contributed by atoms with Crippen LogP contribution >= 0.6 is 11.3 Å². The number of aromatic nitrogens is 1. The highest BCUT2D eigenvalue weighted by Crippen LogP contribution is 2.39. The van der Waals surface area contributed by atoms with Crippen LogP contribution in [-0.2, 0) is 16.6 Å². The number of benzene rings is 1. The maximum atomic E-state index is 13.4. The normalized spacial score (nSPS) is 18.0. The minimum Gasteiger partial charge on any atom is -0.355 e. The van der Waals surface area contributed by atoms with Gasteiger partial charge in [0.25, 0.3) is 10.0 Å². The maximum absolute atomic E-state index is 13.4. The summed E-state index contributed by atoms with van der Waals surface area (Å²) in [6, 6.07) is 13.5. The van der Waals surface area contributed by atoms with Crippen molar-refractivity contribution in [3.05, 3.63) is 59.3 Å². The molecule has 0 spiro atoms. The molecule has 1 atom stereocenters. The SMILES string of the molecule is Cc1cc(-c2ccc(S(=O)(=O)N3CCCC3c3ccc(CN(C)C)cc3)s2)on1. The molecular formula is C21H25N3O3S2. The molecule has 1 aromatic carbocycles. The number of rotatable bonds is 6. The molecule has 0 bridgehead atoms. The smallest absolute Gasteiger partial charge is 0.253 e. The topological polar surface area (TPSA) is 66.7 Å². The standard InChI is InChI=1S/C21H25N3O3S2/c1-15-13-19(27-22-15)20-10-11-21(28-20)29(25,26)24-12-4-5-18(24)17-8-6-16(7-9-17)14-23(2)3/h6-11,13,18H,4-5,12,14H2,1-3H3. The number of thiophene rings is 1. The van der Waals surface area contributed by atoms with Gasteiger partial charge in [-0.15, -0.1) is 11.3 Å². The van der Waals surface area contributed by atoms with Gasteiger partial charge in [0.1, 0.15) is 4.21 Å². The van der Waals surface area contributed by atoms with Crippen molar-refractivity contribution in [1.82, 2.24) is 14.4 Å². The van der Waals surface area contributed by atoms with Crippen LogP contribution in [0.5, 0.6) is 0 Å². The lowest BCUT2D eigenvalue weighted by atomic mass is 10.0. The van der Waals surface area contributed by atoms with Gasteiger partial charge in [-0.05, 0) is 57.1 Å². The number of hydrogen-bond donors (Lipinski definition) is 0. The molecule has 0 saturated carbocycles. The highest BCUT2D eigenvalue weighted by Gasteiger charge is 2.37. The molecule has 1 saturated heterocycles. The highest BCUT2D eigenvalue weighted by atomic mass is 32.2. The second-order valence-corrected chi connectivity index (χ2v) is 10.9. The molecule has 3 aromatic rings. The Morgan fingerprint density at radius 1 is 1.21 bits per heavy atom. The van der Waals surface area contributed by atoms with Gasteiger partial charge in [-0.3, -0.25) is 0 Å².